The van der Waals surface area contributed by atoms with E-state index in [-0.39, 0.29) is 17.7 Å². The highest BCUT2D eigenvalue weighted by atomic mass is 32.2. The summed E-state index contributed by atoms with van der Waals surface area (Å²) in [7, 11) is -2.83. The summed E-state index contributed by atoms with van der Waals surface area (Å²) in [6.07, 6.45) is 3.47. The fourth-order valence-corrected chi connectivity index (χ4v) is 4.54. The molecule has 2 aliphatic rings. The predicted molar refractivity (Wildman–Crippen MR) is 64.7 cm³/mol. The van der Waals surface area contributed by atoms with Gasteiger partial charge in [0.25, 0.3) is 0 Å². The molecule has 0 saturated carbocycles. The number of aromatic nitrogens is 2. The summed E-state index contributed by atoms with van der Waals surface area (Å²) in [5.41, 5.74) is 0. The van der Waals surface area contributed by atoms with Crippen LogP contribution >= 0.6 is 0 Å². The van der Waals surface area contributed by atoms with Crippen LogP contribution in [0.3, 0.4) is 0 Å². The Morgan fingerprint density at radius 2 is 2.28 bits per heavy atom. The van der Waals surface area contributed by atoms with Crippen LogP contribution in [0.4, 0.5) is 0 Å². The van der Waals surface area contributed by atoms with E-state index in [0.717, 1.165) is 19.4 Å². The van der Waals surface area contributed by atoms with Gasteiger partial charge in [-0.3, -0.25) is 0 Å². The second-order valence-electron chi connectivity index (χ2n) is 5.17. The molecule has 2 saturated heterocycles. The van der Waals surface area contributed by atoms with Gasteiger partial charge >= 0.3 is 0 Å². The van der Waals surface area contributed by atoms with Crippen molar-refractivity contribution in [2.24, 2.45) is 5.92 Å². The first kappa shape index (κ1) is 12.1. The number of rotatable bonds is 3. The van der Waals surface area contributed by atoms with Crippen LogP contribution in [0.15, 0.2) is 4.52 Å². The van der Waals surface area contributed by atoms with Gasteiger partial charge in [-0.2, -0.15) is 4.98 Å². The molecule has 2 atom stereocenters. The Balaban J connectivity index is 1.63. The Labute approximate surface area is 106 Å². The maximum atomic E-state index is 11.4. The Morgan fingerprint density at radius 1 is 1.39 bits per heavy atom. The summed E-state index contributed by atoms with van der Waals surface area (Å²) in [5, 5.41) is 7.29. The zero-order valence-corrected chi connectivity index (χ0v) is 10.9. The third kappa shape index (κ3) is 2.56. The summed E-state index contributed by atoms with van der Waals surface area (Å²) in [5.74, 6) is 1.97. The standard InChI is InChI=1S/C11H17N3O3S/c15-18(16)5-3-8(7-18)6-10-13-11(14-17-10)9-2-1-4-12-9/h8-9,12H,1-7H2. The number of hydrogen-bond donors (Lipinski definition) is 1. The molecule has 3 heterocycles. The van der Waals surface area contributed by atoms with Crippen LogP contribution in [0.25, 0.3) is 0 Å². The van der Waals surface area contributed by atoms with Gasteiger partial charge < -0.3 is 9.84 Å². The van der Waals surface area contributed by atoms with Gasteiger partial charge in [0.2, 0.25) is 5.89 Å². The van der Waals surface area contributed by atoms with Crippen LogP contribution in [-0.4, -0.2) is 36.6 Å². The predicted octanol–water partition coefficient (Wildman–Crippen LogP) is 0.471. The molecule has 0 spiro atoms. The second kappa shape index (κ2) is 4.62. The van der Waals surface area contributed by atoms with E-state index in [4.69, 9.17) is 4.52 Å². The topological polar surface area (TPSA) is 85.1 Å². The monoisotopic (exact) mass is 271 g/mol. The highest BCUT2D eigenvalue weighted by Crippen LogP contribution is 2.24. The fraction of sp³-hybridized carbons (Fsp3) is 0.818. The van der Waals surface area contributed by atoms with Crippen molar-refractivity contribution < 1.29 is 12.9 Å². The largest absolute Gasteiger partial charge is 0.339 e. The van der Waals surface area contributed by atoms with Gasteiger partial charge in [0.15, 0.2) is 15.7 Å². The van der Waals surface area contributed by atoms with E-state index in [9.17, 15) is 8.42 Å². The minimum absolute atomic E-state index is 0.139. The molecule has 6 nitrogen and oxygen atoms in total. The lowest BCUT2D eigenvalue weighted by Gasteiger charge is -2.03. The van der Waals surface area contributed by atoms with Gasteiger partial charge in [-0.05, 0) is 31.7 Å². The molecule has 2 unspecified atom stereocenters. The van der Waals surface area contributed by atoms with Crippen LogP contribution in [0.1, 0.15) is 37.0 Å². The van der Waals surface area contributed by atoms with Gasteiger partial charge in [-0.1, -0.05) is 5.16 Å². The third-order valence-electron chi connectivity index (χ3n) is 3.65. The van der Waals surface area contributed by atoms with Crippen molar-refractivity contribution in [3.8, 4) is 0 Å². The number of nitrogens with one attached hydrogen (secondary N) is 1. The van der Waals surface area contributed by atoms with Crippen LogP contribution in [0.2, 0.25) is 0 Å². The number of hydrogen-bond acceptors (Lipinski definition) is 6. The summed E-state index contributed by atoms with van der Waals surface area (Å²) < 4.78 is 27.9. The number of nitrogens with zero attached hydrogens (tertiary/aromatic N) is 2. The van der Waals surface area contributed by atoms with Crippen molar-refractivity contribution in [1.82, 2.24) is 15.5 Å². The van der Waals surface area contributed by atoms with E-state index in [1.807, 2.05) is 0 Å². The Bertz CT molecular complexity index is 519. The van der Waals surface area contributed by atoms with Gasteiger partial charge in [0, 0.05) is 6.42 Å². The zero-order valence-electron chi connectivity index (χ0n) is 10.1. The molecule has 7 heteroatoms. The molecule has 3 rings (SSSR count). The lowest BCUT2D eigenvalue weighted by Crippen LogP contribution is -2.14. The maximum absolute atomic E-state index is 11.4. The van der Waals surface area contributed by atoms with Gasteiger partial charge in [-0.25, -0.2) is 8.42 Å². The highest BCUT2D eigenvalue weighted by molar-refractivity contribution is 7.91. The van der Waals surface area contributed by atoms with Gasteiger partial charge in [0.05, 0.1) is 17.5 Å². The zero-order chi connectivity index (χ0) is 12.6. The second-order valence-corrected chi connectivity index (χ2v) is 7.40. The Kier molecular flexibility index (Phi) is 3.11. The molecule has 0 amide bonds. The molecule has 2 aliphatic heterocycles. The fourth-order valence-electron chi connectivity index (χ4n) is 2.68. The third-order valence-corrected chi connectivity index (χ3v) is 5.48. The molecule has 0 aromatic carbocycles. The van der Waals surface area contributed by atoms with Gasteiger partial charge in [0.1, 0.15) is 0 Å². The normalized spacial score (nSPS) is 30.9. The lowest BCUT2D eigenvalue weighted by atomic mass is 10.1. The van der Waals surface area contributed by atoms with E-state index >= 15 is 0 Å². The molecule has 18 heavy (non-hydrogen) atoms. The molecule has 1 aromatic heterocycles. The van der Waals surface area contributed by atoms with E-state index in [2.05, 4.69) is 15.5 Å². The Hall–Kier alpha value is -0.950. The average molecular weight is 271 g/mol. The first-order valence-corrected chi connectivity index (χ1v) is 8.21. The molecular formula is C11H17N3O3S. The minimum Gasteiger partial charge on any atom is -0.339 e. The van der Waals surface area contributed by atoms with E-state index in [1.54, 1.807) is 0 Å². The van der Waals surface area contributed by atoms with Crippen LogP contribution in [0.5, 0.6) is 0 Å². The Morgan fingerprint density at radius 3 is 2.94 bits per heavy atom. The van der Waals surface area contributed by atoms with Gasteiger partial charge in [-0.15, -0.1) is 0 Å². The molecule has 2 fully saturated rings. The molecule has 100 valence electrons. The van der Waals surface area contributed by atoms with Crippen LogP contribution in [-0.2, 0) is 16.3 Å². The maximum Gasteiger partial charge on any atom is 0.227 e. The highest BCUT2D eigenvalue weighted by Gasteiger charge is 2.30. The van der Waals surface area contributed by atoms with E-state index < -0.39 is 9.84 Å². The molecular weight excluding hydrogens is 254 g/mol. The SMILES string of the molecule is O=S1(=O)CCC(Cc2nc(C3CCCN3)no2)C1. The summed E-state index contributed by atoms with van der Waals surface area (Å²) in [6.45, 7) is 0.995. The van der Waals surface area contributed by atoms with Crippen molar-refractivity contribution in [2.45, 2.75) is 31.7 Å². The van der Waals surface area contributed by atoms with E-state index in [0.29, 0.717) is 30.3 Å². The summed E-state index contributed by atoms with van der Waals surface area (Å²) >= 11 is 0. The van der Waals surface area contributed by atoms with Crippen molar-refractivity contribution in [2.75, 3.05) is 18.1 Å². The quantitative estimate of drug-likeness (QED) is 0.860. The minimum atomic E-state index is -2.83. The van der Waals surface area contributed by atoms with Crippen molar-refractivity contribution in [3.05, 3.63) is 11.7 Å². The average Bonchev–Trinajstić information content (AvgIpc) is 2.99. The van der Waals surface area contributed by atoms with Crippen molar-refractivity contribution in [3.63, 3.8) is 0 Å². The van der Waals surface area contributed by atoms with E-state index in [1.165, 1.54) is 0 Å². The molecule has 0 radical (unpaired) electrons. The van der Waals surface area contributed by atoms with Crippen LogP contribution in [0, 0.1) is 5.92 Å². The van der Waals surface area contributed by atoms with Crippen molar-refractivity contribution in [1.29, 1.82) is 0 Å². The van der Waals surface area contributed by atoms with Crippen molar-refractivity contribution >= 4 is 9.84 Å². The number of sulfone groups is 1. The first-order chi connectivity index (χ1) is 8.62. The molecule has 0 aliphatic carbocycles. The molecule has 1 aromatic rings. The lowest BCUT2D eigenvalue weighted by molar-refractivity contribution is 0.351. The smallest absolute Gasteiger partial charge is 0.227 e. The molecule has 1 N–H and O–H groups in total. The summed E-state index contributed by atoms with van der Waals surface area (Å²) in [4.78, 5) is 4.37. The summed E-state index contributed by atoms with van der Waals surface area (Å²) in [6, 6.07) is 0.204. The first-order valence-electron chi connectivity index (χ1n) is 6.39. The van der Waals surface area contributed by atoms with Crippen LogP contribution < -0.4 is 5.32 Å². The molecule has 0 bridgehead atoms.